The van der Waals surface area contributed by atoms with Gasteiger partial charge in [0.2, 0.25) is 0 Å². The third kappa shape index (κ3) is 6.67. The Morgan fingerprint density at radius 1 is 0.952 bits per heavy atom. The quantitative estimate of drug-likeness (QED) is 0.171. The Morgan fingerprint density at radius 2 is 1.60 bits per heavy atom. The van der Waals surface area contributed by atoms with E-state index in [9.17, 15) is 9.59 Å². The third-order valence-electron chi connectivity index (χ3n) is 6.28. The number of ether oxygens (including phenoxy) is 3. The van der Waals surface area contributed by atoms with Crippen molar-refractivity contribution in [1.82, 2.24) is 15.1 Å². The summed E-state index contributed by atoms with van der Waals surface area (Å²) in [5.41, 5.74) is 4.67. The summed E-state index contributed by atoms with van der Waals surface area (Å²) in [6.45, 7) is 5.54. The van der Waals surface area contributed by atoms with Crippen LogP contribution in [-0.4, -0.2) is 33.8 Å². The number of amides is 1. The molecule has 2 aromatic heterocycles. The van der Waals surface area contributed by atoms with Gasteiger partial charge < -0.3 is 23.7 Å². The first-order valence-electron chi connectivity index (χ1n) is 13.0. The first kappa shape index (κ1) is 29.6. The molecule has 10 heteroatoms. The number of aryl methyl sites for hydroxylation is 1. The van der Waals surface area contributed by atoms with Crippen LogP contribution in [0.3, 0.4) is 0 Å². The third-order valence-corrected chi connectivity index (χ3v) is 6.28. The molecule has 5 rings (SSSR count). The minimum Gasteiger partial charge on any atom is -0.461 e. The standard InChI is InChI=1S/C31H28N4O6.CH4/c1-4-38-30(36)27-29(33-18-32-27)40-25-16-14-23(15-17-25)22-10-12-24(13-11-22)28-26(19(2)35-41-28)34-31(37)39-20(3)21-8-6-5-7-9-21;/h5-18,20H,4H2,1-3H3,(H,32,33)(H,34,37);1H4/t20-;/m1./s1. The zero-order valence-electron chi connectivity index (χ0n) is 22.7. The number of rotatable bonds is 9. The number of H-pyrrole nitrogens is 1. The van der Waals surface area contributed by atoms with Crippen molar-refractivity contribution < 1.29 is 28.3 Å². The second-order valence-corrected chi connectivity index (χ2v) is 9.06. The molecule has 1 amide bonds. The summed E-state index contributed by atoms with van der Waals surface area (Å²) in [7, 11) is 0. The first-order chi connectivity index (χ1) is 19.9. The molecule has 2 N–H and O–H groups in total. The highest BCUT2D eigenvalue weighted by atomic mass is 16.6. The van der Waals surface area contributed by atoms with Gasteiger partial charge in [-0.3, -0.25) is 5.32 Å². The molecule has 0 unspecified atom stereocenters. The van der Waals surface area contributed by atoms with Crippen LogP contribution in [0.2, 0.25) is 0 Å². The van der Waals surface area contributed by atoms with Gasteiger partial charge in [0, 0.05) is 5.56 Å². The number of hydrogen-bond donors (Lipinski definition) is 2. The van der Waals surface area contributed by atoms with Crippen molar-refractivity contribution in [3.63, 3.8) is 0 Å². The Labute approximate surface area is 243 Å². The summed E-state index contributed by atoms with van der Waals surface area (Å²) in [5.74, 6) is 0.559. The minimum absolute atomic E-state index is 0. The number of esters is 1. The molecule has 0 radical (unpaired) electrons. The van der Waals surface area contributed by atoms with Gasteiger partial charge in [-0.05, 0) is 49.6 Å². The van der Waals surface area contributed by atoms with Gasteiger partial charge in [0.1, 0.15) is 23.2 Å². The fourth-order valence-corrected chi connectivity index (χ4v) is 4.15. The number of carbonyl (C=O) groups excluding carboxylic acids is 2. The Hall–Kier alpha value is -5.38. The number of anilines is 1. The van der Waals surface area contributed by atoms with Crippen LogP contribution in [0, 0.1) is 6.92 Å². The molecular formula is C32H32N4O6. The molecule has 0 aliphatic carbocycles. The Bertz CT molecular complexity index is 1630. The predicted octanol–water partition coefficient (Wildman–Crippen LogP) is 7.95. The number of benzene rings is 3. The summed E-state index contributed by atoms with van der Waals surface area (Å²) in [4.78, 5) is 31.5. The van der Waals surface area contributed by atoms with Crippen LogP contribution < -0.4 is 10.1 Å². The molecule has 216 valence electrons. The highest BCUT2D eigenvalue weighted by molar-refractivity contribution is 5.91. The zero-order valence-corrected chi connectivity index (χ0v) is 22.7. The molecule has 0 aliphatic rings. The minimum atomic E-state index is -0.600. The Balaban J connectivity index is 0.00000405. The van der Waals surface area contributed by atoms with Crippen molar-refractivity contribution in [3.8, 4) is 34.1 Å². The monoisotopic (exact) mass is 568 g/mol. The molecule has 0 saturated carbocycles. The van der Waals surface area contributed by atoms with E-state index in [0.717, 1.165) is 22.3 Å². The van der Waals surface area contributed by atoms with Gasteiger partial charge in [0.15, 0.2) is 11.5 Å². The summed E-state index contributed by atoms with van der Waals surface area (Å²) in [6, 6.07) is 24.5. The van der Waals surface area contributed by atoms with Gasteiger partial charge >= 0.3 is 12.1 Å². The van der Waals surface area contributed by atoms with Crippen LogP contribution >= 0.6 is 0 Å². The topological polar surface area (TPSA) is 129 Å². The van der Waals surface area contributed by atoms with Crippen molar-refractivity contribution in [2.45, 2.75) is 34.3 Å². The van der Waals surface area contributed by atoms with Crippen molar-refractivity contribution in [3.05, 3.63) is 102 Å². The van der Waals surface area contributed by atoms with E-state index in [-0.39, 0.29) is 25.6 Å². The fraction of sp³-hybridized carbons (Fsp3) is 0.188. The van der Waals surface area contributed by atoms with Crippen molar-refractivity contribution in [1.29, 1.82) is 0 Å². The van der Waals surface area contributed by atoms with Crippen LogP contribution in [0.1, 0.15) is 49.1 Å². The van der Waals surface area contributed by atoms with Crippen LogP contribution in [0.5, 0.6) is 11.6 Å². The SMILES string of the molecule is C.CCOC(=O)c1[nH]cnc1Oc1ccc(-c2ccc(-c3onc(C)c3NC(=O)O[C@H](C)c3ccccc3)cc2)cc1. The lowest BCUT2D eigenvalue weighted by molar-refractivity contribution is 0.0517. The zero-order chi connectivity index (χ0) is 28.8. The fourth-order valence-electron chi connectivity index (χ4n) is 4.15. The molecule has 0 spiro atoms. The lowest BCUT2D eigenvalue weighted by Crippen LogP contribution is -2.16. The van der Waals surface area contributed by atoms with E-state index in [0.29, 0.717) is 22.9 Å². The van der Waals surface area contributed by atoms with E-state index in [1.54, 1.807) is 26.0 Å². The summed E-state index contributed by atoms with van der Waals surface area (Å²) in [5, 5.41) is 6.81. The Kier molecular flexibility index (Phi) is 9.39. The number of hydrogen-bond acceptors (Lipinski definition) is 8. The molecule has 1 atom stereocenters. The molecule has 5 aromatic rings. The van der Waals surface area contributed by atoms with E-state index >= 15 is 0 Å². The van der Waals surface area contributed by atoms with Crippen molar-refractivity contribution in [2.75, 3.05) is 11.9 Å². The van der Waals surface area contributed by atoms with Crippen LogP contribution in [0.25, 0.3) is 22.5 Å². The molecular weight excluding hydrogens is 536 g/mol. The summed E-state index contributed by atoms with van der Waals surface area (Å²) in [6.07, 6.45) is 0.356. The van der Waals surface area contributed by atoms with Crippen LogP contribution in [-0.2, 0) is 9.47 Å². The second-order valence-electron chi connectivity index (χ2n) is 9.06. The van der Waals surface area contributed by atoms with Crippen molar-refractivity contribution in [2.24, 2.45) is 0 Å². The van der Waals surface area contributed by atoms with E-state index in [1.807, 2.05) is 73.7 Å². The molecule has 0 bridgehead atoms. The van der Waals surface area contributed by atoms with Gasteiger partial charge in [0.25, 0.3) is 5.88 Å². The van der Waals surface area contributed by atoms with E-state index in [1.165, 1.54) is 6.33 Å². The molecule has 0 saturated heterocycles. The molecule has 2 heterocycles. The maximum absolute atomic E-state index is 12.6. The normalized spacial score (nSPS) is 11.2. The highest BCUT2D eigenvalue weighted by Crippen LogP contribution is 2.33. The van der Waals surface area contributed by atoms with E-state index in [2.05, 4.69) is 20.4 Å². The first-order valence-corrected chi connectivity index (χ1v) is 13.0. The largest absolute Gasteiger partial charge is 0.461 e. The lowest BCUT2D eigenvalue weighted by Gasteiger charge is -2.14. The van der Waals surface area contributed by atoms with Crippen LogP contribution in [0.15, 0.2) is 89.7 Å². The van der Waals surface area contributed by atoms with Crippen molar-refractivity contribution >= 4 is 17.7 Å². The van der Waals surface area contributed by atoms with Gasteiger partial charge in [-0.25, -0.2) is 14.6 Å². The molecule has 0 fully saturated rings. The molecule has 10 nitrogen and oxygen atoms in total. The maximum Gasteiger partial charge on any atom is 0.412 e. The highest BCUT2D eigenvalue weighted by Gasteiger charge is 2.20. The number of aromatic nitrogens is 3. The number of nitrogens with zero attached hydrogens (tertiary/aromatic N) is 2. The lowest BCUT2D eigenvalue weighted by atomic mass is 10.0. The van der Waals surface area contributed by atoms with Gasteiger partial charge in [-0.2, -0.15) is 0 Å². The average Bonchev–Trinajstić information content (AvgIpc) is 3.60. The molecule has 3 aromatic carbocycles. The van der Waals surface area contributed by atoms with Gasteiger partial charge in [-0.1, -0.05) is 79.3 Å². The van der Waals surface area contributed by atoms with E-state index < -0.39 is 18.2 Å². The van der Waals surface area contributed by atoms with Gasteiger partial charge in [-0.15, -0.1) is 0 Å². The molecule has 42 heavy (non-hydrogen) atoms. The average molecular weight is 569 g/mol. The second kappa shape index (κ2) is 13.3. The number of carbonyl (C=O) groups is 2. The number of nitrogens with one attached hydrogen (secondary N) is 2. The number of imidazole rings is 1. The predicted molar refractivity (Wildman–Crippen MR) is 158 cm³/mol. The summed E-state index contributed by atoms with van der Waals surface area (Å²) < 4.78 is 21.9. The Morgan fingerprint density at radius 3 is 2.26 bits per heavy atom. The molecule has 0 aliphatic heterocycles. The smallest absolute Gasteiger partial charge is 0.412 e. The number of aromatic amines is 1. The van der Waals surface area contributed by atoms with E-state index in [4.69, 9.17) is 18.7 Å². The summed E-state index contributed by atoms with van der Waals surface area (Å²) >= 11 is 0. The van der Waals surface area contributed by atoms with Crippen LogP contribution in [0.4, 0.5) is 10.5 Å². The van der Waals surface area contributed by atoms with Gasteiger partial charge in [0.05, 0.1) is 12.9 Å². The maximum atomic E-state index is 12.6.